The highest BCUT2D eigenvalue weighted by atomic mass is 19.1. The number of nitrogens with one attached hydrogen (secondary N) is 2. The number of methoxy groups -OCH3 is 1. The summed E-state index contributed by atoms with van der Waals surface area (Å²) >= 11 is 0. The fourth-order valence-corrected chi connectivity index (χ4v) is 3.99. The van der Waals surface area contributed by atoms with Gasteiger partial charge in [0.25, 0.3) is 11.8 Å². The van der Waals surface area contributed by atoms with Crippen LogP contribution in [0.5, 0.6) is 5.75 Å². The molecule has 1 aromatic heterocycles. The van der Waals surface area contributed by atoms with E-state index in [0.717, 1.165) is 11.0 Å². The minimum Gasteiger partial charge on any atom is -0.497 e. The van der Waals surface area contributed by atoms with Crippen LogP contribution in [0, 0.1) is 5.82 Å². The first-order chi connectivity index (χ1) is 18.7. The van der Waals surface area contributed by atoms with Crippen LogP contribution in [-0.2, 0) is 0 Å². The molecule has 0 bridgehead atoms. The number of likely N-dealkylation sites (N-methyl/N-ethyl adjacent to an activating group) is 1. The number of anilines is 2. The summed E-state index contributed by atoms with van der Waals surface area (Å²) in [7, 11) is 2.81. The third-order valence-corrected chi connectivity index (χ3v) is 5.99. The van der Waals surface area contributed by atoms with E-state index in [1.807, 2.05) is 0 Å². The number of halogens is 1. The van der Waals surface area contributed by atoms with Crippen molar-refractivity contribution in [2.24, 2.45) is 5.73 Å². The minimum atomic E-state index is -1.15. The predicted octanol–water partition coefficient (Wildman–Crippen LogP) is 3.89. The van der Waals surface area contributed by atoms with E-state index in [1.54, 1.807) is 42.5 Å². The van der Waals surface area contributed by atoms with Crippen molar-refractivity contribution in [2.75, 3.05) is 31.3 Å². The van der Waals surface area contributed by atoms with Crippen LogP contribution in [0.25, 0.3) is 10.9 Å². The van der Waals surface area contributed by atoms with Crippen LogP contribution in [0.4, 0.5) is 20.7 Å². The van der Waals surface area contributed by atoms with Gasteiger partial charge in [-0.3, -0.25) is 9.59 Å². The average molecular weight is 533 g/mol. The molecule has 0 aliphatic rings. The highest BCUT2D eigenvalue weighted by molar-refractivity contribution is 6.07. The summed E-state index contributed by atoms with van der Waals surface area (Å²) < 4.78 is 19.4. The van der Waals surface area contributed by atoms with Gasteiger partial charge in [0.1, 0.15) is 23.7 Å². The van der Waals surface area contributed by atoms with E-state index >= 15 is 0 Å². The summed E-state index contributed by atoms with van der Waals surface area (Å²) in [6.07, 6.45) is 0.125. The summed E-state index contributed by atoms with van der Waals surface area (Å²) in [6, 6.07) is 14.9. The summed E-state index contributed by atoms with van der Waals surface area (Å²) in [5, 5.41) is 15.9. The van der Waals surface area contributed by atoms with Crippen LogP contribution in [0.2, 0.25) is 0 Å². The van der Waals surface area contributed by atoms with Crippen LogP contribution in [0.15, 0.2) is 67.0 Å². The number of primary amides is 1. The second-order valence-electron chi connectivity index (χ2n) is 8.57. The van der Waals surface area contributed by atoms with E-state index in [9.17, 15) is 23.9 Å². The van der Waals surface area contributed by atoms with Gasteiger partial charge in [0.2, 0.25) is 0 Å². The number of carboxylic acid groups (broad SMARTS) is 1. The van der Waals surface area contributed by atoms with E-state index in [1.165, 1.54) is 32.6 Å². The largest absolute Gasteiger partial charge is 0.497 e. The molecule has 3 aromatic carbocycles. The van der Waals surface area contributed by atoms with Crippen molar-refractivity contribution in [1.82, 2.24) is 14.9 Å². The first-order valence-electron chi connectivity index (χ1n) is 11.7. The molecule has 12 heteroatoms. The molecular weight excluding hydrogens is 507 g/mol. The molecule has 200 valence electrons. The van der Waals surface area contributed by atoms with Gasteiger partial charge in [-0.2, -0.15) is 0 Å². The highest BCUT2D eigenvalue weighted by Crippen LogP contribution is 2.28. The lowest BCUT2D eigenvalue weighted by Crippen LogP contribution is -2.32. The van der Waals surface area contributed by atoms with E-state index in [-0.39, 0.29) is 23.4 Å². The maximum absolute atomic E-state index is 14.4. The number of hydrogen-bond acceptors (Lipinski definition) is 7. The first kappa shape index (κ1) is 26.8. The molecule has 1 atom stereocenters. The quantitative estimate of drug-likeness (QED) is 0.253. The van der Waals surface area contributed by atoms with E-state index < -0.39 is 29.8 Å². The number of benzene rings is 3. The van der Waals surface area contributed by atoms with Gasteiger partial charge in [-0.15, -0.1) is 0 Å². The van der Waals surface area contributed by atoms with Gasteiger partial charge in [0.05, 0.1) is 29.8 Å². The number of hydrogen-bond donors (Lipinski definition) is 4. The third-order valence-electron chi connectivity index (χ3n) is 5.99. The van der Waals surface area contributed by atoms with Crippen LogP contribution in [0.1, 0.15) is 32.3 Å². The molecule has 0 aliphatic carbocycles. The van der Waals surface area contributed by atoms with Gasteiger partial charge in [-0.25, -0.2) is 19.2 Å². The number of fused-ring (bicyclic) bond motifs is 1. The molecule has 39 heavy (non-hydrogen) atoms. The molecule has 0 saturated carbocycles. The normalized spacial score (nSPS) is 11.5. The van der Waals surface area contributed by atoms with Crippen LogP contribution in [-0.4, -0.2) is 58.6 Å². The lowest BCUT2D eigenvalue weighted by Gasteiger charge is -2.25. The third kappa shape index (κ3) is 6.01. The Balaban J connectivity index is 1.67. The molecule has 4 rings (SSSR count). The summed E-state index contributed by atoms with van der Waals surface area (Å²) in [5.41, 5.74) is 6.85. The Morgan fingerprint density at radius 1 is 1.08 bits per heavy atom. The Labute approximate surface area is 222 Å². The molecule has 11 nitrogen and oxygen atoms in total. The van der Waals surface area contributed by atoms with E-state index in [4.69, 9.17) is 10.5 Å². The van der Waals surface area contributed by atoms with Gasteiger partial charge >= 0.3 is 6.09 Å². The first-order valence-corrected chi connectivity index (χ1v) is 11.7. The number of carbonyl (C=O) groups is 3. The number of nitrogens with two attached hydrogens (primary N) is 1. The molecule has 0 radical (unpaired) electrons. The van der Waals surface area contributed by atoms with Gasteiger partial charge in [0, 0.05) is 30.7 Å². The fourth-order valence-electron chi connectivity index (χ4n) is 3.99. The Bertz CT molecular complexity index is 1560. The Morgan fingerprint density at radius 2 is 1.85 bits per heavy atom. The summed E-state index contributed by atoms with van der Waals surface area (Å²) in [4.78, 5) is 45.8. The number of aromatic nitrogens is 2. The number of para-hydroxylation sites is 1. The number of ether oxygens (including phenoxy) is 1. The number of rotatable bonds is 9. The zero-order valence-corrected chi connectivity index (χ0v) is 21.0. The maximum atomic E-state index is 14.4. The van der Waals surface area contributed by atoms with E-state index in [0.29, 0.717) is 28.0 Å². The van der Waals surface area contributed by atoms with E-state index in [2.05, 4.69) is 20.6 Å². The van der Waals surface area contributed by atoms with Gasteiger partial charge in [-0.05, 0) is 42.0 Å². The summed E-state index contributed by atoms with van der Waals surface area (Å²) in [6.45, 7) is 0.000841. The van der Waals surface area contributed by atoms with Crippen molar-refractivity contribution in [3.05, 3.63) is 89.5 Å². The smallest absolute Gasteiger partial charge is 0.407 e. The highest BCUT2D eigenvalue weighted by Gasteiger charge is 2.21. The standard InChI is InChI=1S/C27H25FN6O5/c1-34(27(37)38)13-22(33-25-20-8-4-7-19(24(29)35)23(20)30-14-31-25)15-5-3-6-16(11-15)32-26(36)18-10-9-17(39-2)12-21(18)28/h3-12,14,22H,13H2,1-2H3,(H2,29,35)(H,32,36)(H,37,38)(H,30,31,33). The molecule has 5 N–H and O–H groups in total. The molecule has 4 aromatic rings. The molecule has 0 saturated heterocycles. The topological polar surface area (TPSA) is 160 Å². The second kappa shape index (κ2) is 11.4. The van der Waals surface area contributed by atoms with Crippen molar-refractivity contribution in [2.45, 2.75) is 6.04 Å². The zero-order chi connectivity index (χ0) is 28.1. The summed E-state index contributed by atoms with van der Waals surface area (Å²) in [5.74, 6) is -1.43. The van der Waals surface area contributed by atoms with Crippen molar-refractivity contribution >= 4 is 40.3 Å². The molecule has 0 fully saturated rings. The lowest BCUT2D eigenvalue weighted by molar-refractivity contribution is 0.0998. The fraction of sp³-hybridized carbons (Fsp3) is 0.148. The van der Waals surface area contributed by atoms with Crippen molar-refractivity contribution < 1.29 is 28.6 Å². The number of amides is 3. The Kier molecular flexibility index (Phi) is 7.85. The average Bonchev–Trinajstić information content (AvgIpc) is 2.92. The molecule has 3 amide bonds. The van der Waals surface area contributed by atoms with Crippen LogP contribution in [0.3, 0.4) is 0 Å². The zero-order valence-electron chi connectivity index (χ0n) is 21.0. The van der Waals surface area contributed by atoms with Gasteiger partial charge in [-0.1, -0.05) is 18.2 Å². The molecule has 1 heterocycles. The minimum absolute atomic E-state index is 0.000841. The SMILES string of the molecule is COc1ccc(C(=O)Nc2cccc(C(CN(C)C(=O)O)Nc3ncnc4c(C(N)=O)cccc34)c2)c(F)c1. The second-order valence-corrected chi connectivity index (χ2v) is 8.57. The molecule has 1 unspecified atom stereocenters. The van der Waals surface area contributed by atoms with Crippen molar-refractivity contribution in [3.63, 3.8) is 0 Å². The molecular formula is C27H25FN6O5. The lowest BCUT2D eigenvalue weighted by atomic mass is 10.0. The Hall–Kier alpha value is -5.26. The van der Waals surface area contributed by atoms with Crippen LogP contribution >= 0.6 is 0 Å². The monoisotopic (exact) mass is 532 g/mol. The molecule has 0 spiro atoms. The van der Waals surface area contributed by atoms with Gasteiger partial charge in [0.15, 0.2) is 0 Å². The number of carbonyl (C=O) groups excluding carboxylic acids is 2. The van der Waals surface area contributed by atoms with Crippen molar-refractivity contribution in [3.8, 4) is 5.75 Å². The predicted molar refractivity (Wildman–Crippen MR) is 142 cm³/mol. The number of nitrogens with zero attached hydrogens (tertiary/aromatic N) is 3. The van der Waals surface area contributed by atoms with Crippen LogP contribution < -0.4 is 21.1 Å². The van der Waals surface area contributed by atoms with Crippen molar-refractivity contribution in [1.29, 1.82) is 0 Å². The molecule has 0 aliphatic heterocycles. The maximum Gasteiger partial charge on any atom is 0.407 e. The Morgan fingerprint density at radius 3 is 2.54 bits per heavy atom. The van der Waals surface area contributed by atoms with Gasteiger partial charge < -0.3 is 31.1 Å².